The van der Waals surface area contributed by atoms with Crippen molar-refractivity contribution >= 4 is 65.4 Å². The van der Waals surface area contributed by atoms with Gasteiger partial charge < -0.3 is 9.73 Å². The zero-order valence-electron chi connectivity index (χ0n) is 14.9. The van der Waals surface area contributed by atoms with Gasteiger partial charge in [-0.15, -0.1) is 11.3 Å². The van der Waals surface area contributed by atoms with E-state index in [0.29, 0.717) is 26.3 Å². The fraction of sp³-hybridized carbons (Fsp3) is 0. The van der Waals surface area contributed by atoms with E-state index in [2.05, 4.69) is 42.2 Å². The lowest BCUT2D eigenvalue weighted by molar-refractivity contribution is 0.563. The molecule has 0 saturated carbocycles. The molecule has 0 aliphatic carbocycles. The van der Waals surface area contributed by atoms with Gasteiger partial charge in [0.1, 0.15) is 28.1 Å². The van der Waals surface area contributed by atoms with Gasteiger partial charge >= 0.3 is 5.63 Å². The lowest BCUT2D eigenvalue weighted by atomic mass is 10.1. The van der Waals surface area contributed by atoms with Crippen LogP contribution in [0.2, 0.25) is 0 Å². The van der Waals surface area contributed by atoms with Gasteiger partial charge in [-0.05, 0) is 42.5 Å². The van der Waals surface area contributed by atoms with E-state index in [4.69, 9.17) is 4.42 Å². The molecular formula is C21H10Br2FN3O2S. The molecule has 0 bridgehead atoms. The van der Waals surface area contributed by atoms with E-state index < -0.39 is 11.4 Å². The minimum atomic E-state index is -0.515. The molecule has 0 saturated heterocycles. The van der Waals surface area contributed by atoms with Crippen molar-refractivity contribution in [3.8, 4) is 17.3 Å². The number of rotatable bonds is 4. The van der Waals surface area contributed by atoms with Gasteiger partial charge in [0.15, 0.2) is 0 Å². The number of fused-ring (bicyclic) bond motifs is 1. The molecule has 0 fully saturated rings. The number of allylic oxidation sites excluding steroid dienone is 1. The highest BCUT2D eigenvalue weighted by Crippen LogP contribution is 2.28. The van der Waals surface area contributed by atoms with Gasteiger partial charge in [-0.25, -0.2) is 14.2 Å². The summed E-state index contributed by atoms with van der Waals surface area (Å²) in [7, 11) is 0. The Bertz CT molecular complexity index is 1410. The Hall–Kier alpha value is -2.80. The van der Waals surface area contributed by atoms with Crippen molar-refractivity contribution in [2.45, 2.75) is 0 Å². The first-order chi connectivity index (χ1) is 14.4. The Morgan fingerprint density at radius 3 is 2.73 bits per heavy atom. The Kier molecular flexibility index (Phi) is 5.81. The van der Waals surface area contributed by atoms with Crippen LogP contribution in [0, 0.1) is 17.1 Å². The Morgan fingerprint density at radius 1 is 1.20 bits per heavy atom. The molecule has 1 N–H and O–H groups in total. The molecule has 4 aromatic rings. The van der Waals surface area contributed by atoms with Crippen molar-refractivity contribution in [1.29, 1.82) is 5.26 Å². The number of nitrogens with one attached hydrogen (secondary N) is 1. The lowest BCUT2D eigenvalue weighted by Crippen LogP contribution is -2.03. The van der Waals surface area contributed by atoms with Crippen molar-refractivity contribution in [3.63, 3.8) is 0 Å². The molecule has 2 heterocycles. The van der Waals surface area contributed by atoms with E-state index >= 15 is 0 Å². The highest BCUT2D eigenvalue weighted by atomic mass is 79.9. The Labute approximate surface area is 190 Å². The van der Waals surface area contributed by atoms with Crippen molar-refractivity contribution in [2.75, 3.05) is 5.32 Å². The molecule has 2 aromatic carbocycles. The summed E-state index contributed by atoms with van der Waals surface area (Å²) in [6.07, 6.45) is 1.38. The maximum atomic E-state index is 14.0. The largest absolute Gasteiger partial charge is 0.422 e. The highest BCUT2D eigenvalue weighted by molar-refractivity contribution is 9.10. The molecule has 0 radical (unpaired) electrons. The minimum Gasteiger partial charge on any atom is -0.422 e. The molecule has 0 unspecified atom stereocenters. The number of thiazole rings is 1. The van der Waals surface area contributed by atoms with Crippen LogP contribution < -0.4 is 10.9 Å². The first-order valence-electron chi connectivity index (χ1n) is 8.46. The van der Waals surface area contributed by atoms with E-state index in [0.717, 1.165) is 9.86 Å². The Morgan fingerprint density at radius 2 is 1.97 bits per heavy atom. The first kappa shape index (κ1) is 20.5. The van der Waals surface area contributed by atoms with E-state index in [1.165, 1.54) is 23.6 Å². The predicted molar refractivity (Wildman–Crippen MR) is 123 cm³/mol. The van der Waals surface area contributed by atoms with Crippen LogP contribution in [0.25, 0.3) is 27.8 Å². The van der Waals surface area contributed by atoms with Crippen molar-refractivity contribution in [3.05, 3.63) is 84.2 Å². The fourth-order valence-electron chi connectivity index (χ4n) is 2.69. The Balaban J connectivity index is 1.67. The predicted octanol–water partition coefficient (Wildman–Crippen LogP) is 6.56. The van der Waals surface area contributed by atoms with Crippen LogP contribution in [-0.4, -0.2) is 4.98 Å². The number of benzene rings is 2. The minimum absolute atomic E-state index is 0.210. The van der Waals surface area contributed by atoms with Crippen LogP contribution in [0.1, 0.15) is 5.01 Å². The first-order valence-corrected chi connectivity index (χ1v) is 10.9. The number of halogens is 3. The third-order valence-corrected chi connectivity index (χ3v) is 5.99. The van der Waals surface area contributed by atoms with Gasteiger partial charge in [0.05, 0.1) is 16.9 Å². The second kappa shape index (κ2) is 8.52. The lowest BCUT2D eigenvalue weighted by Gasteiger charge is -2.03. The van der Waals surface area contributed by atoms with Crippen LogP contribution in [0.5, 0.6) is 0 Å². The maximum Gasteiger partial charge on any atom is 0.345 e. The fourth-order valence-corrected chi connectivity index (χ4v) is 4.19. The summed E-state index contributed by atoms with van der Waals surface area (Å²) >= 11 is 7.80. The average molecular weight is 547 g/mol. The molecule has 2 aromatic heterocycles. The van der Waals surface area contributed by atoms with Crippen LogP contribution >= 0.6 is 43.2 Å². The van der Waals surface area contributed by atoms with Gasteiger partial charge in [0.25, 0.3) is 0 Å². The van der Waals surface area contributed by atoms with E-state index in [9.17, 15) is 14.4 Å². The van der Waals surface area contributed by atoms with Crippen molar-refractivity contribution < 1.29 is 8.81 Å². The average Bonchev–Trinajstić information content (AvgIpc) is 3.19. The molecule has 0 aliphatic rings. The quantitative estimate of drug-likeness (QED) is 0.232. The molecule has 5 nitrogen and oxygen atoms in total. The number of aromatic nitrogens is 1. The topological polar surface area (TPSA) is 78.9 Å². The molecule has 30 heavy (non-hydrogen) atoms. The monoisotopic (exact) mass is 545 g/mol. The standard InChI is InChI=1S/C21H10Br2FN3O2S/c22-13-2-4-19-11(5-13)6-15(21(28)29-19)18-10-30-20(27-18)12(8-25)9-26-17-3-1-14(23)7-16(17)24/h1-7,9-10,26H. The molecule has 0 amide bonds. The summed E-state index contributed by atoms with van der Waals surface area (Å²) in [6, 6.07) is 13.6. The van der Waals surface area contributed by atoms with Crippen LogP contribution in [0.15, 0.2) is 72.2 Å². The van der Waals surface area contributed by atoms with Crippen LogP contribution in [0.3, 0.4) is 0 Å². The van der Waals surface area contributed by atoms with E-state index in [1.54, 1.807) is 35.7 Å². The van der Waals surface area contributed by atoms with Gasteiger partial charge in [-0.3, -0.25) is 0 Å². The number of nitriles is 1. The summed E-state index contributed by atoms with van der Waals surface area (Å²) in [5.74, 6) is -0.460. The van der Waals surface area contributed by atoms with Gasteiger partial charge in [-0.2, -0.15) is 5.26 Å². The number of nitrogens with zero attached hydrogens (tertiary/aromatic N) is 2. The molecular weight excluding hydrogens is 537 g/mol. The maximum absolute atomic E-state index is 14.0. The summed E-state index contributed by atoms with van der Waals surface area (Å²) in [6.45, 7) is 0. The molecule has 0 atom stereocenters. The second-order valence-electron chi connectivity index (χ2n) is 6.11. The summed E-state index contributed by atoms with van der Waals surface area (Å²) in [5, 5.41) is 15.1. The van der Waals surface area contributed by atoms with E-state index in [-0.39, 0.29) is 11.3 Å². The van der Waals surface area contributed by atoms with Crippen LogP contribution in [-0.2, 0) is 0 Å². The van der Waals surface area contributed by atoms with Gasteiger partial charge in [0, 0.05) is 25.9 Å². The van der Waals surface area contributed by atoms with Crippen LogP contribution in [0.4, 0.5) is 10.1 Å². The second-order valence-corrected chi connectivity index (χ2v) is 8.80. The number of hydrogen-bond acceptors (Lipinski definition) is 6. The molecule has 9 heteroatoms. The van der Waals surface area contributed by atoms with Gasteiger partial charge in [-0.1, -0.05) is 31.9 Å². The molecule has 148 valence electrons. The molecule has 4 rings (SSSR count). The number of hydrogen-bond donors (Lipinski definition) is 1. The van der Waals surface area contributed by atoms with Crippen molar-refractivity contribution in [1.82, 2.24) is 4.98 Å². The zero-order valence-corrected chi connectivity index (χ0v) is 18.9. The van der Waals surface area contributed by atoms with Crippen molar-refractivity contribution in [2.24, 2.45) is 0 Å². The summed E-state index contributed by atoms with van der Waals surface area (Å²) in [5.41, 5.74) is 1.10. The van der Waals surface area contributed by atoms with Gasteiger partial charge in [0.2, 0.25) is 0 Å². The smallest absolute Gasteiger partial charge is 0.345 e. The number of anilines is 1. The summed E-state index contributed by atoms with van der Waals surface area (Å²) in [4.78, 5) is 16.8. The SMILES string of the molecule is N#CC(=CNc1ccc(Br)cc1F)c1nc(-c2cc3cc(Br)ccc3oc2=O)cs1. The third-order valence-electron chi connectivity index (χ3n) is 4.13. The normalized spacial score (nSPS) is 11.5. The zero-order chi connectivity index (χ0) is 21.3. The molecule has 0 aliphatic heterocycles. The summed E-state index contributed by atoms with van der Waals surface area (Å²) < 4.78 is 20.8. The third kappa shape index (κ3) is 4.21. The molecule has 0 spiro atoms. The highest BCUT2D eigenvalue weighted by Gasteiger charge is 2.14. The van der Waals surface area contributed by atoms with E-state index in [1.807, 2.05) is 12.1 Å².